The SMILES string of the molecule is Cc1ccc(S(=O)(=O)[C@H](C)c2cnccn2)c(C)c1. The minimum atomic E-state index is -3.44. The second kappa shape index (κ2) is 5.09. The number of hydrogen-bond donors (Lipinski definition) is 0. The number of aryl methyl sites for hydroxylation is 2. The highest BCUT2D eigenvalue weighted by molar-refractivity contribution is 7.91. The molecule has 1 atom stereocenters. The minimum Gasteiger partial charge on any atom is -0.261 e. The fourth-order valence-corrected chi connectivity index (χ4v) is 3.57. The van der Waals surface area contributed by atoms with Crippen molar-refractivity contribution in [2.24, 2.45) is 0 Å². The average molecular weight is 276 g/mol. The molecule has 19 heavy (non-hydrogen) atoms. The van der Waals surface area contributed by atoms with Crippen LogP contribution < -0.4 is 0 Å². The molecule has 1 aromatic carbocycles. The molecular weight excluding hydrogens is 260 g/mol. The zero-order valence-electron chi connectivity index (χ0n) is 11.2. The molecule has 1 heterocycles. The first-order valence-electron chi connectivity index (χ1n) is 6.00. The van der Waals surface area contributed by atoms with E-state index in [9.17, 15) is 8.42 Å². The molecule has 0 aliphatic carbocycles. The zero-order valence-corrected chi connectivity index (χ0v) is 12.0. The number of sulfone groups is 1. The molecule has 4 nitrogen and oxygen atoms in total. The van der Waals surface area contributed by atoms with Crippen LogP contribution in [0.5, 0.6) is 0 Å². The molecule has 0 amide bonds. The van der Waals surface area contributed by atoms with Gasteiger partial charge in [0.2, 0.25) is 0 Å². The van der Waals surface area contributed by atoms with Crippen LogP contribution in [-0.4, -0.2) is 18.4 Å². The highest BCUT2D eigenvalue weighted by atomic mass is 32.2. The van der Waals surface area contributed by atoms with E-state index in [1.165, 1.54) is 18.6 Å². The monoisotopic (exact) mass is 276 g/mol. The van der Waals surface area contributed by atoms with Crippen LogP contribution in [0.4, 0.5) is 0 Å². The third-order valence-electron chi connectivity index (χ3n) is 3.10. The van der Waals surface area contributed by atoms with Crippen molar-refractivity contribution in [1.29, 1.82) is 0 Å². The van der Waals surface area contributed by atoms with Gasteiger partial charge in [0.25, 0.3) is 0 Å². The van der Waals surface area contributed by atoms with Gasteiger partial charge >= 0.3 is 0 Å². The predicted octanol–water partition coefficient (Wildman–Crippen LogP) is 2.63. The van der Waals surface area contributed by atoms with Gasteiger partial charge in [0.05, 0.1) is 10.6 Å². The van der Waals surface area contributed by atoms with E-state index in [-0.39, 0.29) is 0 Å². The van der Waals surface area contributed by atoms with Gasteiger partial charge in [-0.15, -0.1) is 0 Å². The van der Waals surface area contributed by atoms with Gasteiger partial charge < -0.3 is 0 Å². The molecule has 2 aromatic rings. The minimum absolute atomic E-state index is 0.358. The standard InChI is InChI=1S/C14H16N2O2S/c1-10-4-5-14(11(2)8-10)19(17,18)12(3)13-9-15-6-7-16-13/h4-9,12H,1-3H3/t12-/m1/s1. The second-order valence-corrected chi connectivity index (χ2v) is 6.82. The number of hydrogen-bond acceptors (Lipinski definition) is 4. The van der Waals surface area contributed by atoms with Crippen LogP contribution in [0.3, 0.4) is 0 Å². The number of rotatable bonds is 3. The van der Waals surface area contributed by atoms with Crippen molar-refractivity contribution in [3.05, 3.63) is 53.6 Å². The molecule has 0 saturated heterocycles. The van der Waals surface area contributed by atoms with E-state index < -0.39 is 15.1 Å². The van der Waals surface area contributed by atoms with Crippen molar-refractivity contribution in [3.8, 4) is 0 Å². The Balaban J connectivity index is 2.48. The molecule has 0 aliphatic rings. The summed E-state index contributed by atoms with van der Waals surface area (Å²) in [6.45, 7) is 5.39. The Morgan fingerprint density at radius 2 is 1.89 bits per heavy atom. The van der Waals surface area contributed by atoms with E-state index >= 15 is 0 Å². The second-order valence-electron chi connectivity index (χ2n) is 4.59. The van der Waals surface area contributed by atoms with Crippen molar-refractivity contribution >= 4 is 9.84 Å². The summed E-state index contributed by atoms with van der Waals surface area (Å²) in [4.78, 5) is 8.36. The van der Waals surface area contributed by atoms with E-state index in [1.54, 1.807) is 13.0 Å². The Morgan fingerprint density at radius 3 is 2.47 bits per heavy atom. The lowest BCUT2D eigenvalue weighted by molar-refractivity contribution is 0.584. The van der Waals surface area contributed by atoms with Gasteiger partial charge in [-0.2, -0.15) is 0 Å². The summed E-state index contributed by atoms with van der Waals surface area (Å²) in [7, 11) is -3.44. The lowest BCUT2D eigenvalue weighted by Gasteiger charge is -2.14. The lowest BCUT2D eigenvalue weighted by atomic mass is 10.2. The summed E-state index contributed by atoms with van der Waals surface area (Å²) in [5, 5.41) is -0.706. The first-order chi connectivity index (χ1) is 8.93. The largest absolute Gasteiger partial charge is 0.261 e. The molecule has 0 saturated carbocycles. The molecular formula is C14H16N2O2S. The molecule has 0 fully saturated rings. The van der Waals surface area contributed by atoms with Crippen molar-refractivity contribution in [3.63, 3.8) is 0 Å². The molecule has 100 valence electrons. The van der Waals surface area contributed by atoms with Crippen LogP contribution in [0.25, 0.3) is 0 Å². The molecule has 0 aliphatic heterocycles. The Hall–Kier alpha value is -1.75. The Morgan fingerprint density at radius 1 is 1.16 bits per heavy atom. The van der Waals surface area contributed by atoms with Crippen LogP contribution in [0, 0.1) is 13.8 Å². The molecule has 0 bridgehead atoms. The summed E-state index contributed by atoms with van der Waals surface area (Å²) < 4.78 is 25.2. The maximum absolute atomic E-state index is 12.6. The van der Waals surface area contributed by atoms with E-state index in [0.717, 1.165) is 11.1 Å². The van der Waals surface area contributed by atoms with Gasteiger partial charge in [0.1, 0.15) is 5.25 Å². The maximum Gasteiger partial charge on any atom is 0.186 e. The number of aromatic nitrogens is 2. The highest BCUT2D eigenvalue weighted by Crippen LogP contribution is 2.29. The molecule has 0 spiro atoms. The Labute approximate surface area is 113 Å². The summed E-state index contributed by atoms with van der Waals surface area (Å²) in [6, 6.07) is 5.34. The van der Waals surface area contributed by atoms with E-state index in [0.29, 0.717) is 10.6 Å². The molecule has 1 aromatic heterocycles. The first-order valence-corrected chi connectivity index (χ1v) is 7.54. The van der Waals surface area contributed by atoms with Crippen molar-refractivity contribution < 1.29 is 8.42 Å². The third-order valence-corrected chi connectivity index (χ3v) is 5.35. The van der Waals surface area contributed by atoms with Crippen LogP contribution in [-0.2, 0) is 9.84 Å². The van der Waals surface area contributed by atoms with E-state index in [4.69, 9.17) is 0 Å². The quantitative estimate of drug-likeness (QED) is 0.864. The normalized spacial score (nSPS) is 13.2. The number of nitrogens with zero attached hydrogens (tertiary/aromatic N) is 2. The van der Waals surface area contributed by atoms with Crippen molar-refractivity contribution in [1.82, 2.24) is 9.97 Å². The first kappa shape index (κ1) is 13.7. The molecule has 5 heteroatoms. The Kier molecular flexibility index (Phi) is 3.66. The van der Waals surface area contributed by atoms with E-state index in [1.807, 2.05) is 26.0 Å². The highest BCUT2D eigenvalue weighted by Gasteiger charge is 2.27. The van der Waals surface area contributed by atoms with Crippen molar-refractivity contribution in [2.45, 2.75) is 30.9 Å². The molecule has 0 N–H and O–H groups in total. The summed E-state index contributed by atoms with van der Waals surface area (Å²) in [6.07, 6.45) is 4.52. The fraction of sp³-hybridized carbons (Fsp3) is 0.286. The van der Waals surface area contributed by atoms with Gasteiger partial charge in [-0.1, -0.05) is 17.7 Å². The van der Waals surface area contributed by atoms with Gasteiger partial charge in [0.15, 0.2) is 9.84 Å². The topological polar surface area (TPSA) is 59.9 Å². The zero-order chi connectivity index (χ0) is 14.0. The van der Waals surface area contributed by atoms with Gasteiger partial charge in [-0.05, 0) is 32.4 Å². The summed E-state index contributed by atoms with van der Waals surface area (Å²) in [5.74, 6) is 0. The Bertz CT molecular complexity index is 682. The third kappa shape index (κ3) is 2.66. The maximum atomic E-state index is 12.6. The van der Waals surface area contributed by atoms with E-state index in [2.05, 4.69) is 9.97 Å². The average Bonchev–Trinajstić information content (AvgIpc) is 2.38. The predicted molar refractivity (Wildman–Crippen MR) is 73.5 cm³/mol. The lowest BCUT2D eigenvalue weighted by Crippen LogP contribution is -2.13. The summed E-state index contributed by atoms with van der Waals surface area (Å²) in [5.41, 5.74) is 2.27. The van der Waals surface area contributed by atoms with Gasteiger partial charge in [-0.25, -0.2) is 8.42 Å². The van der Waals surface area contributed by atoms with Crippen LogP contribution in [0.2, 0.25) is 0 Å². The van der Waals surface area contributed by atoms with Gasteiger partial charge in [-0.3, -0.25) is 9.97 Å². The molecule has 0 radical (unpaired) electrons. The van der Waals surface area contributed by atoms with Crippen LogP contribution in [0.15, 0.2) is 41.7 Å². The number of benzene rings is 1. The molecule has 2 rings (SSSR count). The van der Waals surface area contributed by atoms with Crippen molar-refractivity contribution in [2.75, 3.05) is 0 Å². The fourth-order valence-electron chi connectivity index (χ4n) is 1.99. The smallest absolute Gasteiger partial charge is 0.186 e. The molecule has 0 unspecified atom stereocenters. The van der Waals surface area contributed by atoms with Gasteiger partial charge in [0, 0.05) is 18.6 Å². The van der Waals surface area contributed by atoms with Crippen LogP contribution in [0.1, 0.15) is 29.0 Å². The van der Waals surface area contributed by atoms with Crippen LogP contribution >= 0.6 is 0 Å². The summed E-state index contributed by atoms with van der Waals surface area (Å²) >= 11 is 0.